The maximum atomic E-state index is 11.5. The fourth-order valence-electron chi connectivity index (χ4n) is 4.40. The first-order valence-corrected chi connectivity index (χ1v) is 10.9. The first-order chi connectivity index (χ1) is 12.4. The molecule has 0 saturated heterocycles. The minimum atomic E-state index is -3.65. The molecular weight excluding hydrogens is 342 g/mol. The lowest BCUT2D eigenvalue weighted by atomic mass is 9.66. The molecule has 0 amide bonds. The highest BCUT2D eigenvalue weighted by atomic mass is 32.2. The third-order valence-electron chi connectivity index (χ3n) is 6.12. The monoisotopic (exact) mass is 367 g/mol. The number of allylic oxidation sites excluding steroid dienone is 2. The average molecular weight is 368 g/mol. The van der Waals surface area contributed by atoms with Crippen molar-refractivity contribution >= 4 is 21.2 Å². The topological polar surface area (TPSA) is 60.2 Å². The van der Waals surface area contributed by atoms with Crippen LogP contribution in [-0.2, 0) is 16.4 Å². The molecule has 0 aliphatic heterocycles. The summed E-state index contributed by atoms with van der Waals surface area (Å²) in [5.74, 6) is 0. The van der Waals surface area contributed by atoms with Gasteiger partial charge in [0.15, 0.2) is 0 Å². The number of sulfonamides is 1. The minimum Gasteiger partial charge on any atom is -0.225 e. The van der Waals surface area contributed by atoms with Crippen molar-refractivity contribution in [3.8, 4) is 0 Å². The van der Waals surface area contributed by atoms with Gasteiger partial charge in [0.05, 0.1) is 4.90 Å². The lowest BCUT2D eigenvalue weighted by Gasteiger charge is -2.39. The van der Waals surface area contributed by atoms with Crippen molar-refractivity contribution in [3.05, 3.63) is 65.2 Å². The number of hydrogen-bond acceptors (Lipinski definition) is 2. The molecule has 2 aromatic carbocycles. The van der Waals surface area contributed by atoms with Crippen molar-refractivity contribution < 1.29 is 8.42 Å². The summed E-state index contributed by atoms with van der Waals surface area (Å²) >= 11 is 0. The highest BCUT2D eigenvalue weighted by Crippen LogP contribution is 2.59. The van der Waals surface area contributed by atoms with Crippen LogP contribution in [0.15, 0.2) is 53.4 Å². The van der Waals surface area contributed by atoms with Crippen molar-refractivity contribution in [2.45, 2.75) is 50.3 Å². The normalized spacial score (nSPS) is 19.0. The van der Waals surface area contributed by atoms with Crippen molar-refractivity contribution in [2.24, 2.45) is 10.6 Å². The minimum absolute atomic E-state index is 0.173. The van der Waals surface area contributed by atoms with Gasteiger partial charge >= 0.3 is 0 Å². The number of primary sulfonamides is 1. The molecule has 136 valence electrons. The molecule has 3 nitrogen and oxygen atoms in total. The van der Waals surface area contributed by atoms with E-state index in [2.05, 4.69) is 31.2 Å². The van der Waals surface area contributed by atoms with E-state index in [0.717, 1.165) is 24.8 Å². The Morgan fingerprint density at radius 1 is 0.885 bits per heavy atom. The predicted molar refractivity (Wildman–Crippen MR) is 106 cm³/mol. The fraction of sp³-hybridized carbons (Fsp3) is 0.364. The van der Waals surface area contributed by atoms with Crippen molar-refractivity contribution in [1.29, 1.82) is 0 Å². The Balaban J connectivity index is 1.75. The molecule has 1 spiro atoms. The Morgan fingerprint density at radius 2 is 1.38 bits per heavy atom. The summed E-state index contributed by atoms with van der Waals surface area (Å²) < 4.78 is 23.1. The summed E-state index contributed by atoms with van der Waals surface area (Å²) in [6.07, 6.45) is 7.17. The van der Waals surface area contributed by atoms with Crippen molar-refractivity contribution in [1.82, 2.24) is 0 Å². The molecule has 2 N–H and O–H groups in total. The number of rotatable bonds is 4. The molecule has 26 heavy (non-hydrogen) atoms. The van der Waals surface area contributed by atoms with Gasteiger partial charge in [-0.3, -0.25) is 0 Å². The SMILES string of the molecule is CCc1ccc(C2=C(c3ccc(S(N)(=O)=O)cc3)CC3(CCC3)C2)cc1. The standard InChI is InChI=1S/C22H25NO2S/c1-2-16-4-6-17(7-5-16)20-14-22(12-3-13-22)15-21(20)18-8-10-19(11-9-18)26(23,24)25/h4-11H,2-3,12-15H2,1H3,(H2,23,24,25). The van der Waals surface area contributed by atoms with Crippen molar-refractivity contribution in [3.63, 3.8) is 0 Å². The van der Waals surface area contributed by atoms with Crippen LogP contribution in [0.25, 0.3) is 11.1 Å². The van der Waals surface area contributed by atoms with E-state index in [9.17, 15) is 8.42 Å². The lowest BCUT2D eigenvalue weighted by Crippen LogP contribution is -2.26. The summed E-state index contributed by atoms with van der Waals surface area (Å²) in [4.78, 5) is 0.173. The van der Waals surface area contributed by atoms with E-state index in [-0.39, 0.29) is 4.90 Å². The predicted octanol–water partition coefficient (Wildman–Crippen LogP) is 4.77. The van der Waals surface area contributed by atoms with Gasteiger partial charge in [-0.25, -0.2) is 13.6 Å². The van der Waals surface area contributed by atoms with Crippen LogP contribution < -0.4 is 5.14 Å². The van der Waals surface area contributed by atoms with Gasteiger partial charge in [-0.1, -0.05) is 49.7 Å². The highest BCUT2D eigenvalue weighted by molar-refractivity contribution is 7.89. The second-order valence-electron chi connectivity index (χ2n) is 7.78. The van der Waals surface area contributed by atoms with E-state index in [1.165, 1.54) is 41.5 Å². The number of nitrogens with two attached hydrogens (primary N) is 1. The molecule has 2 aliphatic carbocycles. The van der Waals surface area contributed by atoms with Gasteiger partial charge in [0.1, 0.15) is 0 Å². The summed E-state index contributed by atoms with van der Waals surface area (Å²) in [7, 11) is -3.65. The van der Waals surface area contributed by atoms with Gasteiger partial charge < -0.3 is 0 Å². The molecule has 0 atom stereocenters. The number of aryl methyl sites for hydroxylation is 1. The van der Waals surface area contributed by atoms with Gasteiger partial charge in [0.25, 0.3) is 0 Å². The summed E-state index contributed by atoms with van der Waals surface area (Å²) in [5, 5.41) is 5.24. The van der Waals surface area contributed by atoms with Gasteiger partial charge in [0.2, 0.25) is 10.0 Å². The molecule has 0 aromatic heterocycles. The second-order valence-corrected chi connectivity index (χ2v) is 9.35. The van der Waals surface area contributed by atoms with E-state index in [1.54, 1.807) is 12.1 Å². The zero-order valence-electron chi connectivity index (χ0n) is 15.2. The molecule has 0 heterocycles. The summed E-state index contributed by atoms with van der Waals surface area (Å²) in [6.45, 7) is 2.17. The molecule has 2 aromatic rings. The average Bonchev–Trinajstić information content (AvgIpc) is 3.03. The van der Waals surface area contributed by atoms with Gasteiger partial charge in [-0.15, -0.1) is 0 Å². The molecule has 1 saturated carbocycles. The zero-order valence-corrected chi connectivity index (χ0v) is 16.0. The van der Waals surface area contributed by atoms with Gasteiger partial charge in [-0.05, 0) is 77.5 Å². The van der Waals surface area contributed by atoms with Crippen LogP contribution in [0.3, 0.4) is 0 Å². The van der Waals surface area contributed by atoms with Crippen LogP contribution in [0.2, 0.25) is 0 Å². The molecule has 0 bridgehead atoms. The van der Waals surface area contributed by atoms with Crippen molar-refractivity contribution in [2.75, 3.05) is 0 Å². The largest absolute Gasteiger partial charge is 0.238 e. The first-order valence-electron chi connectivity index (χ1n) is 9.35. The quantitative estimate of drug-likeness (QED) is 0.846. The van der Waals surface area contributed by atoms with Crippen LogP contribution in [0.5, 0.6) is 0 Å². The van der Waals surface area contributed by atoms with Crippen LogP contribution in [-0.4, -0.2) is 8.42 Å². The Labute approximate surface area is 156 Å². The molecular formula is C22H25NO2S. The number of benzene rings is 2. The Bertz CT molecular complexity index is 950. The molecule has 0 unspecified atom stereocenters. The van der Waals surface area contributed by atoms with Gasteiger partial charge in [-0.2, -0.15) is 0 Å². The fourth-order valence-corrected chi connectivity index (χ4v) is 4.91. The van der Waals surface area contributed by atoms with Crippen LogP contribution >= 0.6 is 0 Å². The van der Waals surface area contributed by atoms with E-state index < -0.39 is 10.0 Å². The van der Waals surface area contributed by atoms with Crippen LogP contribution in [0.4, 0.5) is 0 Å². The Hall–Kier alpha value is -1.91. The maximum Gasteiger partial charge on any atom is 0.238 e. The highest BCUT2D eigenvalue weighted by Gasteiger charge is 2.43. The summed E-state index contributed by atoms with van der Waals surface area (Å²) in [6, 6.07) is 16.0. The van der Waals surface area contributed by atoms with Gasteiger partial charge in [0, 0.05) is 0 Å². The molecule has 4 rings (SSSR count). The van der Waals surface area contributed by atoms with E-state index >= 15 is 0 Å². The van der Waals surface area contributed by atoms with E-state index in [4.69, 9.17) is 5.14 Å². The van der Waals surface area contributed by atoms with E-state index in [1.807, 2.05) is 12.1 Å². The first kappa shape index (κ1) is 17.5. The smallest absolute Gasteiger partial charge is 0.225 e. The Kier molecular flexibility index (Phi) is 4.28. The maximum absolute atomic E-state index is 11.5. The number of hydrogen-bond donors (Lipinski definition) is 1. The third-order valence-corrected chi connectivity index (χ3v) is 7.05. The Morgan fingerprint density at radius 3 is 1.77 bits per heavy atom. The molecule has 2 aliphatic rings. The van der Waals surface area contributed by atoms with Crippen LogP contribution in [0.1, 0.15) is 55.7 Å². The molecule has 4 heteroatoms. The molecule has 0 radical (unpaired) electrons. The van der Waals surface area contributed by atoms with E-state index in [0.29, 0.717) is 5.41 Å². The molecule has 1 fully saturated rings. The third kappa shape index (κ3) is 3.12. The zero-order chi connectivity index (χ0) is 18.4. The summed E-state index contributed by atoms with van der Waals surface area (Å²) in [5.41, 5.74) is 7.00. The van der Waals surface area contributed by atoms with Crippen LogP contribution in [0, 0.1) is 5.41 Å². The lowest BCUT2D eigenvalue weighted by molar-refractivity contribution is 0.157. The second kappa shape index (κ2) is 6.36.